The van der Waals surface area contributed by atoms with E-state index in [9.17, 15) is 13.2 Å². The Morgan fingerprint density at radius 2 is 1.82 bits per heavy atom. The summed E-state index contributed by atoms with van der Waals surface area (Å²) in [6.07, 6.45) is -4.30. The van der Waals surface area contributed by atoms with Crippen LogP contribution in [-0.2, 0) is 6.42 Å². The van der Waals surface area contributed by atoms with Gasteiger partial charge in [0.25, 0.3) is 0 Å². The molecule has 0 aliphatic heterocycles. The first-order valence-corrected chi connectivity index (χ1v) is 5.95. The molecule has 0 heterocycles. The Bertz CT molecular complexity index is 313. The van der Waals surface area contributed by atoms with Gasteiger partial charge in [-0.2, -0.15) is 13.2 Å². The van der Waals surface area contributed by atoms with Crippen molar-refractivity contribution in [3.63, 3.8) is 0 Å². The summed E-state index contributed by atoms with van der Waals surface area (Å²) in [4.78, 5) is 0. The van der Waals surface area contributed by atoms with Gasteiger partial charge in [0.05, 0.1) is 6.42 Å². The molecule has 0 radical (unpaired) electrons. The van der Waals surface area contributed by atoms with Crippen LogP contribution in [0.3, 0.4) is 0 Å². The van der Waals surface area contributed by atoms with Crippen molar-refractivity contribution < 1.29 is 13.2 Å². The third-order valence-electron chi connectivity index (χ3n) is 2.35. The Morgan fingerprint density at radius 3 is 2.35 bits per heavy atom. The number of alkyl halides is 4. The molecule has 0 aliphatic carbocycles. The molecular weight excluding hydrogens is 251 g/mol. The van der Waals surface area contributed by atoms with Crippen LogP contribution in [0.4, 0.5) is 13.2 Å². The zero-order valence-electron chi connectivity index (χ0n) is 9.30. The van der Waals surface area contributed by atoms with Crippen molar-refractivity contribution in [2.75, 3.05) is 12.4 Å². The van der Waals surface area contributed by atoms with E-state index >= 15 is 0 Å². The molecule has 1 N–H and O–H groups in total. The van der Waals surface area contributed by atoms with Gasteiger partial charge in [0.1, 0.15) is 0 Å². The predicted octanol–water partition coefficient (Wildman–Crippen LogP) is 3.38. The fourth-order valence-corrected chi connectivity index (χ4v) is 1.72. The zero-order chi connectivity index (χ0) is 12.7. The molecule has 5 heteroatoms. The van der Waals surface area contributed by atoms with Crippen LogP contribution in [0.1, 0.15) is 12.0 Å². The molecular formula is C12H15ClF3N. The van der Waals surface area contributed by atoms with Crippen molar-refractivity contribution in [3.8, 4) is 0 Å². The Balaban J connectivity index is 2.34. The molecule has 0 bridgehead atoms. The standard InChI is InChI=1S/C12H15ClF3N/c13-9-11(17-7-6-12(14,15)16)8-10-4-2-1-3-5-10/h1-5,11,17H,6-9H2. The molecule has 0 saturated carbocycles. The summed E-state index contributed by atoms with van der Waals surface area (Å²) in [5, 5.41) is 2.82. The molecule has 1 rings (SSSR count). The maximum absolute atomic E-state index is 12.0. The molecule has 0 saturated heterocycles. The summed E-state index contributed by atoms with van der Waals surface area (Å²) >= 11 is 5.72. The molecule has 17 heavy (non-hydrogen) atoms. The molecule has 1 nitrogen and oxygen atoms in total. The van der Waals surface area contributed by atoms with Gasteiger partial charge in [-0.1, -0.05) is 30.3 Å². The number of benzene rings is 1. The number of hydrogen-bond donors (Lipinski definition) is 1. The van der Waals surface area contributed by atoms with Crippen LogP contribution in [-0.4, -0.2) is 24.6 Å². The average molecular weight is 266 g/mol. The predicted molar refractivity (Wildman–Crippen MR) is 63.3 cm³/mol. The molecule has 0 aromatic heterocycles. The second kappa shape index (κ2) is 6.87. The molecule has 96 valence electrons. The fourth-order valence-electron chi connectivity index (χ4n) is 1.50. The lowest BCUT2D eigenvalue weighted by atomic mass is 10.1. The Labute approximate surface area is 104 Å². The van der Waals surface area contributed by atoms with Crippen molar-refractivity contribution >= 4 is 11.6 Å². The Morgan fingerprint density at radius 1 is 1.18 bits per heavy atom. The number of halogens is 4. The van der Waals surface area contributed by atoms with E-state index in [1.165, 1.54) is 0 Å². The number of hydrogen-bond acceptors (Lipinski definition) is 1. The summed E-state index contributed by atoms with van der Waals surface area (Å²) in [6, 6.07) is 9.44. The molecule has 1 aromatic rings. The van der Waals surface area contributed by atoms with E-state index in [0.717, 1.165) is 5.56 Å². The Kier molecular flexibility index (Phi) is 5.78. The fraction of sp³-hybridized carbons (Fsp3) is 0.500. The third kappa shape index (κ3) is 6.54. The van der Waals surface area contributed by atoms with Crippen molar-refractivity contribution in [1.29, 1.82) is 0 Å². The molecule has 1 atom stereocenters. The van der Waals surface area contributed by atoms with E-state index in [1.807, 2.05) is 30.3 Å². The summed E-state index contributed by atoms with van der Waals surface area (Å²) in [5.41, 5.74) is 1.07. The number of rotatable bonds is 6. The first kappa shape index (κ1) is 14.3. The first-order valence-electron chi connectivity index (χ1n) is 5.41. The molecule has 0 aliphatic rings. The number of nitrogens with one attached hydrogen (secondary N) is 1. The maximum atomic E-state index is 12.0. The quantitative estimate of drug-likeness (QED) is 0.778. The van der Waals surface area contributed by atoms with Crippen LogP contribution >= 0.6 is 11.6 Å². The van der Waals surface area contributed by atoms with Gasteiger partial charge in [0.2, 0.25) is 0 Å². The SMILES string of the molecule is FC(F)(F)CCNC(CCl)Cc1ccccc1. The monoisotopic (exact) mass is 265 g/mol. The average Bonchev–Trinajstić information content (AvgIpc) is 2.27. The van der Waals surface area contributed by atoms with Gasteiger partial charge >= 0.3 is 6.18 Å². The van der Waals surface area contributed by atoms with Gasteiger partial charge in [-0.25, -0.2) is 0 Å². The summed E-state index contributed by atoms with van der Waals surface area (Å²) in [7, 11) is 0. The highest BCUT2D eigenvalue weighted by molar-refractivity contribution is 6.18. The lowest BCUT2D eigenvalue weighted by molar-refractivity contribution is -0.133. The normalized spacial score (nSPS) is 13.6. The highest BCUT2D eigenvalue weighted by Gasteiger charge is 2.26. The lowest BCUT2D eigenvalue weighted by Crippen LogP contribution is -2.35. The lowest BCUT2D eigenvalue weighted by Gasteiger charge is -2.16. The smallest absolute Gasteiger partial charge is 0.312 e. The summed E-state index contributed by atoms with van der Waals surface area (Å²) in [5.74, 6) is 0.298. The molecule has 1 unspecified atom stereocenters. The van der Waals surface area contributed by atoms with E-state index in [0.29, 0.717) is 12.3 Å². The molecule has 0 amide bonds. The highest BCUT2D eigenvalue weighted by Crippen LogP contribution is 2.18. The van der Waals surface area contributed by atoms with E-state index in [4.69, 9.17) is 11.6 Å². The first-order chi connectivity index (χ1) is 8.01. The van der Waals surface area contributed by atoms with Crippen LogP contribution in [0.25, 0.3) is 0 Å². The van der Waals surface area contributed by atoms with Gasteiger partial charge < -0.3 is 5.32 Å². The molecule has 0 fully saturated rings. The topological polar surface area (TPSA) is 12.0 Å². The maximum Gasteiger partial charge on any atom is 0.390 e. The zero-order valence-corrected chi connectivity index (χ0v) is 10.1. The van der Waals surface area contributed by atoms with Crippen LogP contribution in [0.2, 0.25) is 0 Å². The highest BCUT2D eigenvalue weighted by atomic mass is 35.5. The van der Waals surface area contributed by atoms with E-state index in [-0.39, 0.29) is 12.6 Å². The van der Waals surface area contributed by atoms with Gasteiger partial charge in [-0.15, -0.1) is 11.6 Å². The van der Waals surface area contributed by atoms with Crippen molar-refractivity contribution in [2.24, 2.45) is 0 Å². The second-order valence-corrected chi connectivity index (χ2v) is 4.17. The van der Waals surface area contributed by atoms with Crippen LogP contribution < -0.4 is 5.32 Å². The minimum atomic E-state index is -4.11. The largest absolute Gasteiger partial charge is 0.390 e. The second-order valence-electron chi connectivity index (χ2n) is 3.86. The van der Waals surface area contributed by atoms with Crippen LogP contribution in [0.15, 0.2) is 30.3 Å². The minimum absolute atomic E-state index is 0.0896. The van der Waals surface area contributed by atoms with Gasteiger partial charge in [0, 0.05) is 18.5 Å². The third-order valence-corrected chi connectivity index (χ3v) is 2.73. The molecule has 0 spiro atoms. The van der Waals surface area contributed by atoms with Crippen LogP contribution in [0, 0.1) is 0 Å². The Hall–Kier alpha value is -0.740. The van der Waals surface area contributed by atoms with Crippen molar-refractivity contribution in [2.45, 2.75) is 25.1 Å². The van der Waals surface area contributed by atoms with Crippen molar-refractivity contribution in [1.82, 2.24) is 5.32 Å². The van der Waals surface area contributed by atoms with Crippen molar-refractivity contribution in [3.05, 3.63) is 35.9 Å². The van der Waals surface area contributed by atoms with Crippen LogP contribution in [0.5, 0.6) is 0 Å². The summed E-state index contributed by atoms with van der Waals surface area (Å²) < 4.78 is 35.9. The van der Waals surface area contributed by atoms with E-state index in [2.05, 4.69) is 5.32 Å². The van der Waals surface area contributed by atoms with Gasteiger partial charge in [-0.05, 0) is 12.0 Å². The van der Waals surface area contributed by atoms with Gasteiger partial charge in [0.15, 0.2) is 0 Å². The van der Waals surface area contributed by atoms with E-state index in [1.54, 1.807) is 0 Å². The van der Waals surface area contributed by atoms with E-state index < -0.39 is 12.6 Å². The molecule has 1 aromatic carbocycles. The van der Waals surface area contributed by atoms with Gasteiger partial charge in [-0.3, -0.25) is 0 Å². The summed E-state index contributed by atoms with van der Waals surface area (Å²) in [6.45, 7) is -0.0896. The minimum Gasteiger partial charge on any atom is -0.312 e.